The lowest BCUT2D eigenvalue weighted by Crippen LogP contribution is -2.35. The summed E-state index contributed by atoms with van der Waals surface area (Å²) >= 11 is 0. The number of imidazole rings is 1. The minimum Gasteiger partial charge on any atom is -0.481 e. The lowest BCUT2D eigenvalue weighted by molar-refractivity contribution is -0.143. The molecule has 21 heavy (non-hydrogen) atoms. The second kappa shape index (κ2) is 6.10. The molecule has 1 fully saturated rings. The van der Waals surface area contributed by atoms with E-state index < -0.39 is 5.97 Å². The summed E-state index contributed by atoms with van der Waals surface area (Å²) in [5.41, 5.74) is 2.36. The van der Waals surface area contributed by atoms with E-state index in [1.165, 1.54) is 5.56 Å². The van der Waals surface area contributed by atoms with E-state index in [1.807, 2.05) is 10.8 Å². The summed E-state index contributed by atoms with van der Waals surface area (Å²) in [5, 5.41) is 9.01. The Morgan fingerprint density at radius 2 is 1.95 bits per heavy atom. The fraction of sp³-hybridized carbons (Fsp3) is 0.375. The number of carboxylic acid groups (broad SMARTS) is 1. The van der Waals surface area contributed by atoms with Crippen molar-refractivity contribution in [3.8, 4) is 5.69 Å². The first-order chi connectivity index (χ1) is 10.2. The van der Waals surface area contributed by atoms with E-state index in [1.54, 1.807) is 12.5 Å². The summed E-state index contributed by atoms with van der Waals surface area (Å²) in [4.78, 5) is 17.3. The Balaban J connectivity index is 1.58. The molecule has 0 amide bonds. The van der Waals surface area contributed by atoms with Crippen molar-refractivity contribution < 1.29 is 9.90 Å². The second-order valence-corrected chi connectivity index (χ2v) is 5.53. The van der Waals surface area contributed by atoms with Crippen molar-refractivity contribution in [2.24, 2.45) is 5.92 Å². The van der Waals surface area contributed by atoms with Crippen LogP contribution in [0.4, 0.5) is 0 Å². The van der Waals surface area contributed by atoms with Crippen molar-refractivity contribution in [2.45, 2.75) is 19.4 Å². The van der Waals surface area contributed by atoms with E-state index in [0.29, 0.717) is 0 Å². The molecule has 1 aliphatic rings. The van der Waals surface area contributed by atoms with Crippen molar-refractivity contribution in [3.05, 3.63) is 48.5 Å². The van der Waals surface area contributed by atoms with Crippen molar-refractivity contribution in [1.82, 2.24) is 14.5 Å². The molecule has 0 radical (unpaired) electrons. The molecular formula is C16H19N3O2. The fourth-order valence-corrected chi connectivity index (χ4v) is 2.78. The van der Waals surface area contributed by atoms with Gasteiger partial charge in [-0.05, 0) is 43.6 Å². The summed E-state index contributed by atoms with van der Waals surface area (Å²) in [7, 11) is 0. The van der Waals surface area contributed by atoms with Gasteiger partial charge in [-0.3, -0.25) is 9.69 Å². The van der Waals surface area contributed by atoms with Crippen LogP contribution in [0.15, 0.2) is 43.0 Å². The summed E-state index contributed by atoms with van der Waals surface area (Å²) in [6.07, 6.45) is 6.97. The number of benzene rings is 1. The van der Waals surface area contributed by atoms with Crippen LogP contribution in [0.2, 0.25) is 0 Å². The molecule has 0 unspecified atom stereocenters. The van der Waals surface area contributed by atoms with Crippen LogP contribution in [0.1, 0.15) is 18.4 Å². The zero-order chi connectivity index (χ0) is 14.7. The van der Waals surface area contributed by atoms with Gasteiger partial charge in [0.15, 0.2) is 0 Å². The van der Waals surface area contributed by atoms with Crippen LogP contribution in [-0.4, -0.2) is 38.6 Å². The number of hydrogen-bond donors (Lipinski definition) is 1. The predicted molar refractivity (Wildman–Crippen MR) is 79.2 cm³/mol. The minimum absolute atomic E-state index is 0.162. The van der Waals surface area contributed by atoms with Crippen LogP contribution in [0, 0.1) is 5.92 Å². The van der Waals surface area contributed by atoms with Gasteiger partial charge < -0.3 is 9.67 Å². The van der Waals surface area contributed by atoms with Gasteiger partial charge in [-0.2, -0.15) is 0 Å². The second-order valence-electron chi connectivity index (χ2n) is 5.53. The quantitative estimate of drug-likeness (QED) is 0.935. The molecule has 110 valence electrons. The van der Waals surface area contributed by atoms with E-state index in [4.69, 9.17) is 5.11 Å². The lowest BCUT2D eigenvalue weighted by Gasteiger charge is -2.30. The van der Waals surface area contributed by atoms with Crippen LogP contribution in [0.5, 0.6) is 0 Å². The zero-order valence-corrected chi connectivity index (χ0v) is 11.9. The van der Waals surface area contributed by atoms with E-state index in [-0.39, 0.29) is 5.92 Å². The van der Waals surface area contributed by atoms with Gasteiger partial charge in [0.2, 0.25) is 0 Å². The van der Waals surface area contributed by atoms with Gasteiger partial charge >= 0.3 is 5.97 Å². The molecule has 5 nitrogen and oxygen atoms in total. The number of hydrogen-bond acceptors (Lipinski definition) is 3. The van der Waals surface area contributed by atoms with Gasteiger partial charge in [-0.25, -0.2) is 4.98 Å². The first-order valence-electron chi connectivity index (χ1n) is 7.25. The van der Waals surface area contributed by atoms with Gasteiger partial charge in [-0.1, -0.05) is 12.1 Å². The average molecular weight is 285 g/mol. The zero-order valence-electron chi connectivity index (χ0n) is 11.9. The third-order valence-electron chi connectivity index (χ3n) is 4.08. The van der Waals surface area contributed by atoms with Crippen LogP contribution < -0.4 is 0 Å². The number of aromatic nitrogens is 2. The Labute approximate surface area is 123 Å². The highest BCUT2D eigenvalue weighted by Crippen LogP contribution is 2.19. The number of nitrogens with zero attached hydrogens (tertiary/aromatic N) is 3. The lowest BCUT2D eigenvalue weighted by atomic mass is 9.97. The number of piperidine rings is 1. The predicted octanol–water partition coefficient (Wildman–Crippen LogP) is 2.17. The molecule has 0 atom stereocenters. The summed E-state index contributed by atoms with van der Waals surface area (Å²) < 4.78 is 1.97. The molecule has 1 aliphatic heterocycles. The van der Waals surface area contributed by atoms with E-state index >= 15 is 0 Å². The van der Waals surface area contributed by atoms with Crippen LogP contribution in [-0.2, 0) is 11.3 Å². The first-order valence-corrected chi connectivity index (χ1v) is 7.25. The third kappa shape index (κ3) is 3.31. The average Bonchev–Trinajstić information content (AvgIpc) is 3.03. The Hall–Kier alpha value is -2.14. The summed E-state index contributed by atoms with van der Waals surface area (Å²) in [6, 6.07) is 8.42. The number of aliphatic carboxylic acids is 1. The number of likely N-dealkylation sites (tertiary alicyclic amines) is 1. The molecule has 3 rings (SSSR count). The maximum atomic E-state index is 10.9. The Kier molecular flexibility index (Phi) is 4.01. The molecular weight excluding hydrogens is 266 g/mol. The van der Waals surface area contributed by atoms with E-state index in [2.05, 4.69) is 34.1 Å². The third-order valence-corrected chi connectivity index (χ3v) is 4.08. The van der Waals surface area contributed by atoms with Crippen molar-refractivity contribution in [1.29, 1.82) is 0 Å². The standard InChI is InChI=1S/C16H19N3O2/c20-16(21)14-5-8-18(9-6-14)11-13-1-3-15(4-2-13)19-10-7-17-12-19/h1-4,7,10,12,14H,5-6,8-9,11H2,(H,20,21). The molecule has 0 spiro atoms. The highest BCUT2D eigenvalue weighted by Gasteiger charge is 2.24. The van der Waals surface area contributed by atoms with Gasteiger partial charge in [0.05, 0.1) is 12.2 Å². The van der Waals surface area contributed by atoms with Gasteiger partial charge in [0.25, 0.3) is 0 Å². The molecule has 5 heteroatoms. The Bertz CT molecular complexity index is 584. The fourth-order valence-electron chi connectivity index (χ4n) is 2.78. The minimum atomic E-state index is -0.653. The largest absolute Gasteiger partial charge is 0.481 e. The highest BCUT2D eigenvalue weighted by molar-refractivity contribution is 5.70. The molecule has 0 aliphatic carbocycles. The maximum Gasteiger partial charge on any atom is 0.306 e. The highest BCUT2D eigenvalue weighted by atomic mass is 16.4. The smallest absolute Gasteiger partial charge is 0.306 e. The van der Waals surface area contributed by atoms with Crippen LogP contribution in [0.25, 0.3) is 5.69 Å². The molecule has 1 aromatic heterocycles. The Morgan fingerprint density at radius 3 is 2.52 bits per heavy atom. The maximum absolute atomic E-state index is 10.9. The number of carbonyl (C=O) groups is 1. The van der Waals surface area contributed by atoms with Crippen molar-refractivity contribution in [3.63, 3.8) is 0 Å². The molecule has 1 aromatic carbocycles. The molecule has 0 bridgehead atoms. The topological polar surface area (TPSA) is 58.4 Å². The van der Waals surface area contributed by atoms with Gasteiger partial charge in [-0.15, -0.1) is 0 Å². The summed E-state index contributed by atoms with van der Waals surface area (Å²) in [6.45, 7) is 2.61. The Morgan fingerprint density at radius 1 is 1.24 bits per heavy atom. The first kappa shape index (κ1) is 13.8. The molecule has 2 heterocycles. The normalized spacial score (nSPS) is 17.0. The molecule has 1 saturated heterocycles. The van der Waals surface area contributed by atoms with Crippen LogP contribution in [0.3, 0.4) is 0 Å². The number of rotatable bonds is 4. The monoisotopic (exact) mass is 285 g/mol. The van der Waals surface area contributed by atoms with E-state index in [9.17, 15) is 4.79 Å². The number of carboxylic acids is 1. The van der Waals surface area contributed by atoms with Crippen molar-refractivity contribution >= 4 is 5.97 Å². The molecule has 1 N–H and O–H groups in total. The van der Waals surface area contributed by atoms with Gasteiger partial charge in [0.1, 0.15) is 0 Å². The van der Waals surface area contributed by atoms with Gasteiger partial charge in [0, 0.05) is 24.6 Å². The van der Waals surface area contributed by atoms with Crippen LogP contribution >= 0.6 is 0 Å². The van der Waals surface area contributed by atoms with E-state index in [0.717, 1.165) is 38.2 Å². The SMILES string of the molecule is O=C(O)C1CCN(Cc2ccc(-n3ccnc3)cc2)CC1. The van der Waals surface area contributed by atoms with Crippen molar-refractivity contribution in [2.75, 3.05) is 13.1 Å². The summed E-state index contributed by atoms with van der Waals surface area (Å²) in [5.74, 6) is -0.816. The molecule has 0 saturated carbocycles. The molecule has 2 aromatic rings.